The largest absolute Gasteiger partial charge is 0.273 e. The van der Waals surface area contributed by atoms with Crippen molar-refractivity contribution in [3.63, 3.8) is 0 Å². The summed E-state index contributed by atoms with van der Waals surface area (Å²) >= 11 is 0. The molecule has 0 saturated carbocycles. The quantitative estimate of drug-likeness (QED) is 0.788. The third-order valence-corrected chi connectivity index (χ3v) is 4.64. The van der Waals surface area contributed by atoms with E-state index in [1.54, 1.807) is 6.07 Å². The van der Waals surface area contributed by atoms with Crippen LogP contribution in [0.2, 0.25) is 0 Å². The first-order valence-electron chi connectivity index (χ1n) is 7.89. The molecule has 2 aromatic carbocycles. The zero-order chi connectivity index (χ0) is 16.0. The van der Waals surface area contributed by atoms with Gasteiger partial charge in [0.2, 0.25) is 5.91 Å². The molecule has 0 fully saturated rings. The van der Waals surface area contributed by atoms with Crippen molar-refractivity contribution in [1.29, 1.82) is 0 Å². The maximum Gasteiger partial charge on any atom is 0.248 e. The highest BCUT2D eigenvalue weighted by molar-refractivity contribution is 6.11. The van der Waals surface area contributed by atoms with Gasteiger partial charge in [0.15, 0.2) is 0 Å². The highest BCUT2D eigenvalue weighted by Gasteiger charge is 2.34. The summed E-state index contributed by atoms with van der Waals surface area (Å²) in [7, 11) is 0. The molecule has 0 spiro atoms. The van der Waals surface area contributed by atoms with Gasteiger partial charge in [-0.2, -0.15) is 5.10 Å². The third-order valence-electron chi connectivity index (χ3n) is 4.64. The predicted molar refractivity (Wildman–Crippen MR) is 88.0 cm³/mol. The van der Waals surface area contributed by atoms with E-state index >= 15 is 0 Å². The number of nitrogens with zero attached hydrogens (tertiary/aromatic N) is 2. The predicted octanol–water partition coefficient (Wildman–Crippen LogP) is 3.84. The Hall–Kier alpha value is -2.49. The SMILES string of the molecule is Cc1ccc(N2N=C3c4cc(F)ccc4CCC3CC2=O)cc1. The highest BCUT2D eigenvalue weighted by atomic mass is 19.1. The fraction of sp³-hybridized carbons (Fsp3) is 0.263. The summed E-state index contributed by atoms with van der Waals surface area (Å²) < 4.78 is 13.7. The van der Waals surface area contributed by atoms with Crippen LogP contribution in [0.15, 0.2) is 47.6 Å². The van der Waals surface area contributed by atoms with E-state index in [1.165, 1.54) is 11.1 Å². The van der Waals surface area contributed by atoms with Gasteiger partial charge in [-0.3, -0.25) is 4.79 Å². The molecule has 2 aliphatic rings. The molecule has 4 rings (SSSR count). The summed E-state index contributed by atoms with van der Waals surface area (Å²) in [4.78, 5) is 12.5. The van der Waals surface area contributed by atoms with E-state index in [4.69, 9.17) is 0 Å². The molecule has 2 aromatic rings. The minimum atomic E-state index is -0.258. The lowest BCUT2D eigenvalue weighted by atomic mass is 9.79. The molecule has 1 aliphatic heterocycles. The summed E-state index contributed by atoms with van der Waals surface area (Å²) in [5, 5.41) is 6.06. The Morgan fingerprint density at radius 2 is 1.96 bits per heavy atom. The maximum atomic E-state index is 13.7. The van der Waals surface area contributed by atoms with Gasteiger partial charge >= 0.3 is 0 Å². The van der Waals surface area contributed by atoms with Crippen molar-refractivity contribution < 1.29 is 9.18 Å². The standard InChI is InChI=1S/C19H17FN2O/c1-12-2-8-16(9-3-12)22-18(23)10-14-5-4-13-6-7-15(20)11-17(13)19(14)21-22/h2-3,6-9,11,14H,4-5,10H2,1H3. The van der Waals surface area contributed by atoms with Gasteiger partial charge < -0.3 is 0 Å². The molecule has 0 N–H and O–H groups in total. The third kappa shape index (κ3) is 2.44. The van der Waals surface area contributed by atoms with Crippen molar-refractivity contribution in [2.45, 2.75) is 26.2 Å². The van der Waals surface area contributed by atoms with Crippen LogP contribution in [0.1, 0.15) is 29.5 Å². The minimum Gasteiger partial charge on any atom is -0.273 e. The van der Waals surface area contributed by atoms with Gasteiger partial charge in [0.25, 0.3) is 0 Å². The van der Waals surface area contributed by atoms with E-state index in [1.807, 2.05) is 37.3 Å². The normalized spacial score (nSPS) is 19.9. The molecule has 1 amide bonds. The van der Waals surface area contributed by atoms with Gasteiger partial charge in [0, 0.05) is 17.9 Å². The fourth-order valence-corrected chi connectivity index (χ4v) is 3.37. The zero-order valence-electron chi connectivity index (χ0n) is 12.9. The van der Waals surface area contributed by atoms with Gasteiger partial charge in [0.05, 0.1) is 11.4 Å². The number of hydrogen-bond donors (Lipinski definition) is 0. The van der Waals surface area contributed by atoms with Crippen LogP contribution < -0.4 is 5.01 Å². The van der Waals surface area contributed by atoms with Crippen molar-refractivity contribution in [2.75, 3.05) is 5.01 Å². The first-order valence-corrected chi connectivity index (χ1v) is 7.89. The summed E-state index contributed by atoms with van der Waals surface area (Å²) in [6.45, 7) is 2.00. The lowest BCUT2D eigenvalue weighted by molar-refractivity contribution is -0.119. The lowest BCUT2D eigenvalue weighted by Gasteiger charge is -2.33. The molecule has 1 heterocycles. The van der Waals surface area contributed by atoms with Crippen molar-refractivity contribution >= 4 is 17.3 Å². The van der Waals surface area contributed by atoms with E-state index in [2.05, 4.69) is 5.10 Å². The Kier molecular flexibility index (Phi) is 3.26. The number of rotatable bonds is 1. The molecular weight excluding hydrogens is 291 g/mol. The van der Waals surface area contributed by atoms with E-state index in [0.29, 0.717) is 6.42 Å². The molecule has 0 saturated heterocycles. The molecule has 1 aliphatic carbocycles. The van der Waals surface area contributed by atoms with Crippen LogP contribution in [-0.4, -0.2) is 11.6 Å². The molecule has 0 radical (unpaired) electrons. The second-order valence-corrected chi connectivity index (χ2v) is 6.27. The number of anilines is 1. The van der Waals surface area contributed by atoms with Gasteiger partial charge in [-0.05, 0) is 49.6 Å². The molecule has 116 valence electrons. The summed E-state index contributed by atoms with van der Waals surface area (Å²) in [6, 6.07) is 12.6. The van der Waals surface area contributed by atoms with Gasteiger partial charge in [-0.1, -0.05) is 23.8 Å². The van der Waals surface area contributed by atoms with Crippen molar-refractivity contribution in [2.24, 2.45) is 11.0 Å². The number of benzene rings is 2. The number of hydrogen-bond acceptors (Lipinski definition) is 2. The van der Waals surface area contributed by atoms with Crippen molar-refractivity contribution in [1.82, 2.24) is 0 Å². The average Bonchev–Trinajstić information content (AvgIpc) is 2.55. The fourth-order valence-electron chi connectivity index (χ4n) is 3.37. The Balaban J connectivity index is 1.81. The Morgan fingerprint density at radius 3 is 2.74 bits per heavy atom. The molecule has 0 bridgehead atoms. The summed E-state index contributed by atoms with van der Waals surface area (Å²) in [5.41, 5.74) is 4.69. The molecular formula is C19H17FN2O. The number of carbonyl (C=O) groups excluding carboxylic acids is 1. The van der Waals surface area contributed by atoms with Crippen LogP contribution in [0.5, 0.6) is 0 Å². The number of carbonyl (C=O) groups is 1. The Morgan fingerprint density at radius 1 is 1.17 bits per heavy atom. The van der Waals surface area contributed by atoms with E-state index in [-0.39, 0.29) is 17.6 Å². The van der Waals surface area contributed by atoms with Gasteiger partial charge in [-0.25, -0.2) is 9.40 Å². The number of amides is 1. The van der Waals surface area contributed by atoms with Crippen LogP contribution in [0.4, 0.5) is 10.1 Å². The van der Waals surface area contributed by atoms with Gasteiger partial charge in [-0.15, -0.1) is 0 Å². The van der Waals surface area contributed by atoms with Crippen LogP contribution in [0.3, 0.4) is 0 Å². The monoisotopic (exact) mass is 308 g/mol. The Labute approximate surface area is 134 Å². The summed E-state index contributed by atoms with van der Waals surface area (Å²) in [6.07, 6.45) is 2.20. The smallest absolute Gasteiger partial charge is 0.248 e. The highest BCUT2D eigenvalue weighted by Crippen LogP contribution is 2.34. The average molecular weight is 308 g/mol. The number of aryl methyl sites for hydroxylation is 2. The van der Waals surface area contributed by atoms with E-state index < -0.39 is 0 Å². The zero-order valence-corrected chi connectivity index (χ0v) is 12.9. The molecule has 4 heteroatoms. The second-order valence-electron chi connectivity index (χ2n) is 6.27. The maximum absolute atomic E-state index is 13.7. The topological polar surface area (TPSA) is 32.7 Å². The van der Waals surface area contributed by atoms with Crippen LogP contribution in [0.25, 0.3) is 0 Å². The summed E-state index contributed by atoms with van der Waals surface area (Å²) in [5.74, 6) is -0.160. The van der Waals surface area contributed by atoms with Crippen LogP contribution >= 0.6 is 0 Å². The van der Waals surface area contributed by atoms with Crippen LogP contribution in [-0.2, 0) is 11.2 Å². The lowest BCUT2D eigenvalue weighted by Crippen LogP contribution is -2.39. The molecule has 3 nitrogen and oxygen atoms in total. The first-order chi connectivity index (χ1) is 11.1. The Bertz CT molecular complexity index is 811. The van der Waals surface area contributed by atoms with Crippen LogP contribution in [0, 0.1) is 18.7 Å². The van der Waals surface area contributed by atoms with Crippen molar-refractivity contribution in [3.05, 3.63) is 65.0 Å². The molecule has 1 atom stereocenters. The number of hydrazone groups is 1. The molecule has 0 aromatic heterocycles. The van der Waals surface area contributed by atoms with E-state index in [9.17, 15) is 9.18 Å². The molecule has 1 unspecified atom stereocenters. The first kappa shape index (κ1) is 14.1. The minimum absolute atomic E-state index is 0.00227. The molecule has 23 heavy (non-hydrogen) atoms. The second kappa shape index (κ2) is 5.30. The van der Waals surface area contributed by atoms with Crippen molar-refractivity contribution in [3.8, 4) is 0 Å². The number of fused-ring (bicyclic) bond motifs is 3. The van der Waals surface area contributed by atoms with E-state index in [0.717, 1.165) is 40.9 Å². The number of halogens is 1. The van der Waals surface area contributed by atoms with Gasteiger partial charge in [0.1, 0.15) is 5.82 Å².